The van der Waals surface area contributed by atoms with Crippen molar-refractivity contribution in [3.63, 3.8) is 0 Å². The lowest BCUT2D eigenvalue weighted by Gasteiger charge is -2.17. The van der Waals surface area contributed by atoms with Gasteiger partial charge in [0.15, 0.2) is 11.5 Å². The molecular formula is C27H31N7O4. The maximum absolute atomic E-state index is 12.3. The number of methoxy groups -OCH3 is 1. The first-order valence-corrected chi connectivity index (χ1v) is 12.7. The van der Waals surface area contributed by atoms with Crippen LogP contribution in [0.5, 0.6) is 5.75 Å². The van der Waals surface area contributed by atoms with E-state index in [0.29, 0.717) is 54.5 Å². The molecule has 0 spiro atoms. The third kappa shape index (κ3) is 5.61. The molecule has 38 heavy (non-hydrogen) atoms. The quantitative estimate of drug-likeness (QED) is 0.256. The topological polar surface area (TPSA) is 146 Å². The standard InChI is InChI=1S/C27H31N7O4/c1-27(13-14-27)38-26(36)29-15-6-5-12-21(22(28)35)31-25-30-20-11-4-3-10-19(20)24-32-23(33-34(24)25)17-8-7-9-18(16-17)37-2/h3-4,7-11,16,21H,5-6,12-15H2,1-2H3,(H2,28,35)(H,29,36)(H,30,31)/t21-/m0/s1. The number of hydrogen-bond donors (Lipinski definition) is 3. The van der Waals surface area contributed by atoms with Crippen LogP contribution in [0.2, 0.25) is 0 Å². The number of rotatable bonds is 11. The summed E-state index contributed by atoms with van der Waals surface area (Å²) in [6.07, 6.45) is 3.17. The van der Waals surface area contributed by atoms with E-state index in [1.54, 1.807) is 11.6 Å². The number of hydrogen-bond acceptors (Lipinski definition) is 8. The highest BCUT2D eigenvalue weighted by molar-refractivity contribution is 5.93. The first-order valence-electron chi connectivity index (χ1n) is 12.7. The number of anilines is 1. The molecule has 2 aromatic carbocycles. The average Bonchev–Trinajstić information content (AvgIpc) is 3.45. The lowest BCUT2D eigenvalue weighted by atomic mass is 10.1. The van der Waals surface area contributed by atoms with E-state index in [9.17, 15) is 9.59 Å². The molecule has 0 unspecified atom stereocenters. The van der Waals surface area contributed by atoms with E-state index in [-0.39, 0.29) is 5.60 Å². The predicted octanol–water partition coefficient (Wildman–Crippen LogP) is 3.67. The van der Waals surface area contributed by atoms with Crippen LogP contribution >= 0.6 is 0 Å². The third-order valence-electron chi connectivity index (χ3n) is 6.64. The molecular weight excluding hydrogens is 486 g/mol. The zero-order chi connectivity index (χ0) is 26.7. The second-order valence-electron chi connectivity index (χ2n) is 9.72. The van der Waals surface area contributed by atoms with Gasteiger partial charge < -0.3 is 25.8 Å². The van der Waals surface area contributed by atoms with Gasteiger partial charge in [-0.25, -0.2) is 14.8 Å². The second kappa shape index (κ2) is 10.5. The lowest BCUT2D eigenvalue weighted by molar-refractivity contribution is -0.118. The number of benzene rings is 2. The van der Waals surface area contributed by atoms with Crippen molar-refractivity contribution >= 4 is 34.5 Å². The predicted molar refractivity (Wildman–Crippen MR) is 143 cm³/mol. The van der Waals surface area contributed by atoms with Crippen LogP contribution in [0.25, 0.3) is 27.9 Å². The van der Waals surface area contributed by atoms with Crippen molar-refractivity contribution in [1.29, 1.82) is 0 Å². The van der Waals surface area contributed by atoms with Crippen LogP contribution in [0.3, 0.4) is 0 Å². The summed E-state index contributed by atoms with van der Waals surface area (Å²) in [5.74, 6) is 1.05. The van der Waals surface area contributed by atoms with Gasteiger partial charge in [-0.1, -0.05) is 24.3 Å². The summed E-state index contributed by atoms with van der Waals surface area (Å²) in [7, 11) is 1.61. The Morgan fingerprint density at radius 1 is 1.13 bits per heavy atom. The van der Waals surface area contributed by atoms with Gasteiger partial charge in [0.1, 0.15) is 17.4 Å². The first kappa shape index (κ1) is 25.2. The molecule has 11 nitrogen and oxygen atoms in total. The highest BCUT2D eigenvalue weighted by atomic mass is 16.6. The highest BCUT2D eigenvalue weighted by Crippen LogP contribution is 2.38. The second-order valence-corrected chi connectivity index (χ2v) is 9.72. The molecule has 0 saturated heterocycles. The zero-order valence-corrected chi connectivity index (χ0v) is 21.4. The van der Waals surface area contributed by atoms with E-state index in [1.807, 2.05) is 55.5 Å². The highest BCUT2D eigenvalue weighted by Gasteiger charge is 2.41. The van der Waals surface area contributed by atoms with Crippen molar-refractivity contribution in [3.8, 4) is 17.1 Å². The Hall–Kier alpha value is -4.41. The number of primary amides is 1. The number of para-hydroxylation sites is 1. The molecule has 1 atom stereocenters. The van der Waals surface area contributed by atoms with Gasteiger partial charge in [0.2, 0.25) is 11.9 Å². The Labute approximate surface area is 219 Å². The van der Waals surface area contributed by atoms with Crippen LogP contribution < -0.4 is 21.1 Å². The molecule has 1 aliphatic carbocycles. The molecule has 11 heteroatoms. The normalized spacial score (nSPS) is 14.7. The summed E-state index contributed by atoms with van der Waals surface area (Å²) in [5.41, 5.74) is 7.52. The van der Waals surface area contributed by atoms with Crippen LogP contribution in [0.4, 0.5) is 10.7 Å². The van der Waals surface area contributed by atoms with Crippen molar-refractivity contribution in [2.75, 3.05) is 19.0 Å². The molecule has 1 aliphatic rings. The zero-order valence-electron chi connectivity index (χ0n) is 21.4. The summed E-state index contributed by atoms with van der Waals surface area (Å²) in [5, 5.41) is 11.5. The number of fused-ring (bicyclic) bond motifs is 3. The van der Waals surface area contributed by atoms with Crippen LogP contribution in [0.15, 0.2) is 48.5 Å². The van der Waals surface area contributed by atoms with Gasteiger partial charge in [-0.05, 0) is 63.3 Å². The summed E-state index contributed by atoms with van der Waals surface area (Å²) in [6, 6.07) is 14.4. The number of nitrogens with zero attached hydrogens (tertiary/aromatic N) is 4. The third-order valence-corrected chi connectivity index (χ3v) is 6.64. The Kier molecular flexibility index (Phi) is 6.99. The lowest BCUT2D eigenvalue weighted by Crippen LogP contribution is -2.36. The number of carbonyl (C=O) groups is 2. The van der Waals surface area contributed by atoms with E-state index >= 15 is 0 Å². The molecule has 5 rings (SSSR count). The van der Waals surface area contributed by atoms with Gasteiger partial charge >= 0.3 is 6.09 Å². The number of carbonyl (C=O) groups excluding carboxylic acids is 2. The minimum Gasteiger partial charge on any atom is -0.497 e. The van der Waals surface area contributed by atoms with Gasteiger partial charge in [0.05, 0.1) is 12.6 Å². The van der Waals surface area contributed by atoms with Crippen molar-refractivity contribution in [2.24, 2.45) is 5.73 Å². The van der Waals surface area contributed by atoms with Crippen molar-refractivity contribution < 1.29 is 19.1 Å². The molecule has 2 amide bonds. The molecule has 0 bridgehead atoms. The fourth-order valence-corrected chi connectivity index (χ4v) is 4.18. The van der Waals surface area contributed by atoms with E-state index in [1.165, 1.54) is 0 Å². The van der Waals surface area contributed by atoms with Gasteiger partial charge in [-0.2, -0.15) is 4.52 Å². The van der Waals surface area contributed by atoms with E-state index in [0.717, 1.165) is 23.8 Å². The molecule has 4 N–H and O–H groups in total. The van der Waals surface area contributed by atoms with Crippen LogP contribution in [-0.4, -0.2) is 56.9 Å². The molecule has 0 aliphatic heterocycles. The largest absolute Gasteiger partial charge is 0.497 e. The monoisotopic (exact) mass is 517 g/mol. The fourth-order valence-electron chi connectivity index (χ4n) is 4.18. The van der Waals surface area contributed by atoms with Crippen molar-refractivity contribution in [2.45, 2.75) is 50.7 Å². The Morgan fingerprint density at radius 2 is 1.95 bits per heavy atom. The van der Waals surface area contributed by atoms with Gasteiger partial charge in [0.25, 0.3) is 0 Å². The smallest absolute Gasteiger partial charge is 0.407 e. The molecule has 4 aromatic rings. The first-order chi connectivity index (χ1) is 18.3. The minimum absolute atomic E-state index is 0.308. The van der Waals surface area contributed by atoms with E-state index in [2.05, 4.69) is 10.6 Å². The number of nitrogens with one attached hydrogen (secondary N) is 2. The van der Waals surface area contributed by atoms with Crippen molar-refractivity contribution in [1.82, 2.24) is 24.9 Å². The van der Waals surface area contributed by atoms with Crippen LogP contribution in [0.1, 0.15) is 39.0 Å². The van der Waals surface area contributed by atoms with E-state index in [4.69, 9.17) is 30.3 Å². The summed E-state index contributed by atoms with van der Waals surface area (Å²) in [4.78, 5) is 33.7. The maximum Gasteiger partial charge on any atom is 0.407 e. The molecule has 0 radical (unpaired) electrons. The number of aromatic nitrogens is 4. The molecule has 2 aromatic heterocycles. The Balaban J connectivity index is 1.33. The summed E-state index contributed by atoms with van der Waals surface area (Å²) >= 11 is 0. The number of unbranched alkanes of at least 4 members (excludes halogenated alkanes) is 1. The van der Waals surface area contributed by atoms with Gasteiger partial charge in [-0.15, -0.1) is 5.10 Å². The fraction of sp³-hybridized carbons (Fsp3) is 0.370. The summed E-state index contributed by atoms with van der Waals surface area (Å²) in [6.45, 7) is 2.37. The number of alkyl carbamates (subject to hydrolysis) is 1. The molecule has 2 heterocycles. The number of nitrogens with two attached hydrogens (primary N) is 1. The van der Waals surface area contributed by atoms with Gasteiger partial charge in [0, 0.05) is 17.5 Å². The Bertz CT molecular complexity index is 1480. The maximum atomic E-state index is 12.3. The summed E-state index contributed by atoms with van der Waals surface area (Å²) < 4.78 is 12.3. The average molecular weight is 518 g/mol. The number of ether oxygens (including phenoxy) is 2. The minimum atomic E-state index is -0.686. The van der Waals surface area contributed by atoms with Crippen molar-refractivity contribution in [3.05, 3.63) is 48.5 Å². The van der Waals surface area contributed by atoms with Gasteiger partial charge in [-0.3, -0.25) is 4.79 Å². The van der Waals surface area contributed by atoms with Crippen LogP contribution in [-0.2, 0) is 9.53 Å². The Morgan fingerprint density at radius 3 is 2.71 bits per heavy atom. The molecule has 198 valence electrons. The molecule has 1 saturated carbocycles. The van der Waals surface area contributed by atoms with Crippen LogP contribution in [0, 0.1) is 0 Å². The van der Waals surface area contributed by atoms with E-state index < -0.39 is 18.0 Å². The SMILES string of the molecule is COc1cccc(-c2nc3c4ccccc4nc(N[C@@H](CCCCNC(=O)OC4(C)CC4)C(N)=O)n3n2)c1. The molecule has 1 fully saturated rings. The number of amides is 2.